The van der Waals surface area contributed by atoms with Gasteiger partial charge in [-0.2, -0.15) is 5.10 Å². The normalized spacial score (nSPS) is 24.2. The summed E-state index contributed by atoms with van der Waals surface area (Å²) in [5.74, 6) is 3.12. The summed E-state index contributed by atoms with van der Waals surface area (Å²) in [7, 11) is -0.836. The van der Waals surface area contributed by atoms with Crippen LogP contribution < -0.4 is 0 Å². The average molecular weight is 355 g/mol. The molecule has 2 aliphatic rings. The molecule has 0 aromatic carbocycles. The van der Waals surface area contributed by atoms with Crippen molar-refractivity contribution in [3.05, 3.63) is 11.6 Å². The molecule has 24 heavy (non-hydrogen) atoms. The highest BCUT2D eigenvalue weighted by Crippen LogP contribution is 2.32. The molecule has 3 rings (SSSR count). The number of sulfone groups is 1. The van der Waals surface area contributed by atoms with Gasteiger partial charge in [-0.1, -0.05) is 26.2 Å². The zero-order valence-corrected chi connectivity index (χ0v) is 15.8. The molecule has 0 N–H and O–H groups in total. The van der Waals surface area contributed by atoms with Crippen LogP contribution in [0.25, 0.3) is 0 Å². The molecule has 7 heteroatoms. The molecule has 6 nitrogen and oxygen atoms in total. The monoisotopic (exact) mass is 354 g/mol. The number of aryl methyl sites for hydroxylation is 1. The van der Waals surface area contributed by atoms with Crippen molar-refractivity contribution >= 4 is 9.84 Å². The molecule has 136 valence electrons. The van der Waals surface area contributed by atoms with Crippen molar-refractivity contribution in [1.29, 1.82) is 0 Å². The lowest BCUT2D eigenvalue weighted by atomic mass is 10.1. The van der Waals surface area contributed by atoms with Crippen molar-refractivity contribution in [2.45, 2.75) is 76.9 Å². The second-order valence-electron chi connectivity index (χ2n) is 7.42. The van der Waals surface area contributed by atoms with Crippen molar-refractivity contribution in [2.24, 2.45) is 0 Å². The van der Waals surface area contributed by atoms with E-state index in [0.29, 0.717) is 18.2 Å². The van der Waals surface area contributed by atoms with Gasteiger partial charge in [-0.15, -0.1) is 0 Å². The van der Waals surface area contributed by atoms with Crippen LogP contribution in [0.4, 0.5) is 0 Å². The van der Waals surface area contributed by atoms with Crippen LogP contribution in [0.15, 0.2) is 0 Å². The first-order chi connectivity index (χ1) is 11.5. The van der Waals surface area contributed by atoms with Gasteiger partial charge in [0, 0.05) is 18.5 Å². The van der Waals surface area contributed by atoms with Gasteiger partial charge < -0.3 is 0 Å². The lowest BCUT2D eigenvalue weighted by molar-refractivity contribution is 0.242. The lowest BCUT2D eigenvalue weighted by Gasteiger charge is -2.22. The Labute approximate surface area is 145 Å². The van der Waals surface area contributed by atoms with Crippen LogP contribution in [0.1, 0.15) is 69.4 Å². The highest BCUT2D eigenvalue weighted by Gasteiger charge is 2.31. The van der Waals surface area contributed by atoms with E-state index in [1.54, 1.807) is 0 Å². The van der Waals surface area contributed by atoms with Gasteiger partial charge in [-0.05, 0) is 32.7 Å². The first kappa shape index (κ1) is 17.9. The number of nitrogens with zero attached hydrogens (tertiary/aromatic N) is 4. The van der Waals surface area contributed by atoms with Crippen molar-refractivity contribution in [2.75, 3.05) is 18.6 Å². The Balaban J connectivity index is 1.72. The van der Waals surface area contributed by atoms with E-state index in [9.17, 15) is 8.42 Å². The van der Waals surface area contributed by atoms with Crippen LogP contribution in [-0.2, 0) is 22.9 Å². The third kappa shape index (κ3) is 4.17. The van der Waals surface area contributed by atoms with E-state index >= 15 is 0 Å². The van der Waals surface area contributed by atoms with Gasteiger partial charge in [0.25, 0.3) is 0 Å². The fraction of sp³-hybridized carbons (Fsp3) is 0.882. The smallest absolute Gasteiger partial charge is 0.154 e. The summed E-state index contributed by atoms with van der Waals surface area (Å²) >= 11 is 0. The van der Waals surface area contributed by atoms with E-state index < -0.39 is 9.84 Å². The van der Waals surface area contributed by atoms with Gasteiger partial charge in [0.2, 0.25) is 0 Å². The molecule has 1 aliphatic carbocycles. The third-order valence-corrected chi connectivity index (χ3v) is 7.18. The molecule has 1 saturated heterocycles. The molecule has 0 bridgehead atoms. The summed E-state index contributed by atoms with van der Waals surface area (Å²) < 4.78 is 25.5. The molecule has 1 aromatic rings. The molecule has 1 atom stereocenters. The quantitative estimate of drug-likeness (QED) is 0.752. The van der Waals surface area contributed by atoms with Crippen LogP contribution in [0, 0.1) is 0 Å². The van der Waals surface area contributed by atoms with Crippen molar-refractivity contribution in [3.8, 4) is 0 Å². The Bertz CT molecular complexity index is 650. The highest BCUT2D eigenvalue weighted by molar-refractivity contribution is 7.91. The van der Waals surface area contributed by atoms with Gasteiger partial charge in [0.05, 0.1) is 18.1 Å². The molecule has 2 fully saturated rings. The van der Waals surface area contributed by atoms with Gasteiger partial charge in [-0.3, -0.25) is 4.90 Å². The standard InChI is InChI=1S/C17H30N4O2S/c1-3-4-10-21-16(18-17(19-21)14-7-5-6-8-14)12-20(2)15-9-11-24(22,23)13-15/h14-15H,3-13H2,1-2H3. The van der Waals surface area contributed by atoms with E-state index in [0.717, 1.165) is 37.5 Å². The van der Waals surface area contributed by atoms with Gasteiger partial charge in [-0.25, -0.2) is 18.1 Å². The summed E-state index contributed by atoms with van der Waals surface area (Å²) in [5.41, 5.74) is 0. The molecule has 1 aliphatic heterocycles. The van der Waals surface area contributed by atoms with E-state index in [-0.39, 0.29) is 11.8 Å². The fourth-order valence-corrected chi connectivity index (χ4v) is 5.63. The van der Waals surface area contributed by atoms with Crippen LogP contribution >= 0.6 is 0 Å². The van der Waals surface area contributed by atoms with Gasteiger partial charge in [0.15, 0.2) is 15.7 Å². The predicted octanol–water partition coefficient (Wildman–Crippen LogP) is 2.35. The maximum atomic E-state index is 11.7. The molecular formula is C17H30N4O2S. The Morgan fingerprint density at radius 3 is 2.62 bits per heavy atom. The predicted molar refractivity (Wildman–Crippen MR) is 94.7 cm³/mol. The molecule has 1 unspecified atom stereocenters. The Kier molecular flexibility index (Phi) is 5.59. The third-order valence-electron chi connectivity index (χ3n) is 5.43. The van der Waals surface area contributed by atoms with Crippen LogP contribution in [0.3, 0.4) is 0 Å². The lowest BCUT2D eigenvalue weighted by Crippen LogP contribution is -2.33. The Morgan fingerprint density at radius 2 is 2.00 bits per heavy atom. The number of hydrogen-bond donors (Lipinski definition) is 0. The number of aromatic nitrogens is 3. The first-order valence-electron chi connectivity index (χ1n) is 9.33. The summed E-state index contributed by atoms with van der Waals surface area (Å²) in [5, 5.41) is 4.80. The van der Waals surface area contributed by atoms with E-state index in [4.69, 9.17) is 10.1 Å². The van der Waals surface area contributed by atoms with E-state index in [2.05, 4.69) is 16.5 Å². The second kappa shape index (κ2) is 7.52. The summed E-state index contributed by atoms with van der Waals surface area (Å²) in [6.07, 6.45) is 7.93. The zero-order chi connectivity index (χ0) is 17.2. The fourth-order valence-electron chi connectivity index (χ4n) is 3.83. The minimum Gasteiger partial charge on any atom is -0.295 e. The number of unbranched alkanes of at least 4 members (excludes halogenated alkanes) is 1. The molecular weight excluding hydrogens is 324 g/mol. The summed E-state index contributed by atoms with van der Waals surface area (Å²) in [6, 6.07) is 0.112. The average Bonchev–Trinajstić information content (AvgIpc) is 3.24. The number of hydrogen-bond acceptors (Lipinski definition) is 5. The maximum Gasteiger partial charge on any atom is 0.154 e. The van der Waals surface area contributed by atoms with E-state index in [1.165, 1.54) is 25.7 Å². The largest absolute Gasteiger partial charge is 0.295 e. The molecule has 0 radical (unpaired) electrons. The zero-order valence-electron chi connectivity index (χ0n) is 14.9. The minimum atomic E-state index is -2.85. The SMILES string of the molecule is CCCCn1nc(C2CCCC2)nc1CN(C)C1CCS(=O)(=O)C1. The summed E-state index contributed by atoms with van der Waals surface area (Å²) in [4.78, 5) is 7.00. The highest BCUT2D eigenvalue weighted by atomic mass is 32.2. The minimum absolute atomic E-state index is 0.112. The Morgan fingerprint density at radius 1 is 1.25 bits per heavy atom. The molecule has 2 heterocycles. The van der Waals surface area contributed by atoms with Crippen LogP contribution in [0.5, 0.6) is 0 Å². The van der Waals surface area contributed by atoms with E-state index in [1.807, 2.05) is 7.05 Å². The maximum absolute atomic E-state index is 11.7. The van der Waals surface area contributed by atoms with Crippen LogP contribution in [-0.4, -0.2) is 52.7 Å². The summed E-state index contributed by atoms with van der Waals surface area (Å²) in [6.45, 7) is 3.77. The topological polar surface area (TPSA) is 68.1 Å². The number of rotatable bonds is 7. The van der Waals surface area contributed by atoms with Crippen LogP contribution in [0.2, 0.25) is 0 Å². The van der Waals surface area contributed by atoms with Gasteiger partial charge in [0.1, 0.15) is 5.82 Å². The molecule has 0 amide bonds. The van der Waals surface area contributed by atoms with Gasteiger partial charge >= 0.3 is 0 Å². The molecule has 1 aromatic heterocycles. The Hall–Kier alpha value is -0.950. The molecule has 1 saturated carbocycles. The van der Waals surface area contributed by atoms with Crippen molar-refractivity contribution < 1.29 is 8.42 Å². The molecule has 0 spiro atoms. The van der Waals surface area contributed by atoms with Crippen molar-refractivity contribution in [1.82, 2.24) is 19.7 Å². The van der Waals surface area contributed by atoms with Crippen molar-refractivity contribution in [3.63, 3.8) is 0 Å². The first-order valence-corrected chi connectivity index (χ1v) is 11.1. The second-order valence-corrected chi connectivity index (χ2v) is 9.65.